The summed E-state index contributed by atoms with van der Waals surface area (Å²) in [5.74, 6) is -1.52. The van der Waals surface area contributed by atoms with Crippen LogP contribution in [-0.4, -0.2) is 37.0 Å². The van der Waals surface area contributed by atoms with Gasteiger partial charge in [-0.15, -0.1) is 0 Å². The van der Waals surface area contributed by atoms with Crippen LogP contribution in [0.3, 0.4) is 0 Å². The van der Waals surface area contributed by atoms with Crippen molar-refractivity contribution in [1.82, 2.24) is 5.32 Å². The van der Waals surface area contributed by atoms with E-state index in [-0.39, 0.29) is 18.6 Å². The molecule has 0 aliphatic heterocycles. The largest absolute Gasteiger partial charge is 0.452 e. The third-order valence-corrected chi connectivity index (χ3v) is 4.30. The minimum absolute atomic E-state index is 0.121. The number of nitrogens with one attached hydrogen (secondary N) is 2. The highest BCUT2D eigenvalue weighted by atomic mass is 16.5. The van der Waals surface area contributed by atoms with Crippen LogP contribution in [0.5, 0.6) is 0 Å². The van der Waals surface area contributed by atoms with Crippen molar-refractivity contribution in [1.29, 1.82) is 0 Å². The van der Waals surface area contributed by atoms with Gasteiger partial charge in [0.25, 0.3) is 5.91 Å². The Balaban J connectivity index is 1.74. The molecule has 0 atom stereocenters. The van der Waals surface area contributed by atoms with Gasteiger partial charge in [-0.05, 0) is 56.5 Å². The number of rotatable bonds is 9. The van der Waals surface area contributed by atoms with Crippen molar-refractivity contribution in [3.8, 4) is 0 Å². The zero-order valence-electron chi connectivity index (χ0n) is 17.8. The van der Waals surface area contributed by atoms with Crippen LogP contribution in [-0.2, 0) is 25.7 Å². The summed E-state index contributed by atoms with van der Waals surface area (Å²) in [7, 11) is 0. The number of hydrogen-bond donors (Lipinski definition) is 2. The lowest BCUT2D eigenvalue weighted by Gasteiger charge is -2.12. The van der Waals surface area contributed by atoms with Gasteiger partial charge in [0.15, 0.2) is 6.61 Å². The van der Waals surface area contributed by atoms with Crippen molar-refractivity contribution < 1.29 is 23.9 Å². The molecule has 0 spiro atoms. The molecule has 0 saturated carbocycles. The van der Waals surface area contributed by atoms with E-state index in [9.17, 15) is 14.4 Å². The lowest BCUT2D eigenvalue weighted by Crippen LogP contribution is -2.35. The minimum Gasteiger partial charge on any atom is -0.452 e. The molecule has 7 nitrogen and oxygen atoms in total. The summed E-state index contributed by atoms with van der Waals surface area (Å²) in [4.78, 5) is 36.0. The number of benzene rings is 2. The van der Waals surface area contributed by atoms with Gasteiger partial charge < -0.3 is 20.1 Å². The molecule has 2 aromatic rings. The lowest BCUT2D eigenvalue weighted by atomic mass is 10.1. The first-order chi connectivity index (χ1) is 14.3. The van der Waals surface area contributed by atoms with Crippen molar-refractivity contribution >= 4 is 23.5 Å². The standard InChI is InChI=1S/C23H28N2O5/c1-15(2)29-13-18-8-10-19(11-9-18)23(28)30-14-21(27)24-12-20(26)25-22-16(3)6-5-7-17(22)4/h5-11,15H,12-14H2,1-4H3,(H,24,27)(H,25,26). The second kappa shape index (κ2) is 11.1. The molecule has 160 valence electrons. The molecule has 0 aliphatic carbocycles. The molecule has 0 bridgehead atoms. The van der Waals surface area contributed by atoms with Gasteiger partial charge in [0.2, 0.25) is 5.91 Å². The van der Waals surface area contributed by atoms with E-state index in [2.05, 4.69) is 10.6 Å². The van der Waals surface area contributed by atoms with Crippen molar-refractivity contribution in [3.63, 3.8) is 0 Å². The summed E-state index contributed by atoms with van der Waals surface area (Å²) in [6, 6.07) is 12.5. The molecule has 2 amide bonds. The average molecular weight is 412 g/mol. The number of para-hydroxylation sites is 1. The maximum absolute atomic E-state index is 12.1. The third-order valence-electron chi connectivity index (χ3n) is 4.30. The Bertz CT molecular complexity index is 871. The topological polar surface area (TPSA) is 93.7 Å². The van der Waals surface area contributed by atoms with Gasteiger partial charge in [0.05, 0.1) is 24.8 Å². The van der Waals surface area contributed by atoms with E-state index in [1.165, 1.54) is 0 Å². The number of hydrogen-bond acceptors (Lipinski definition) is 5. The Morgan fingerprint density at radius 2 is 1.57 bits per heavy atom. The van der Waals surface area contributed by atoms with E-state index in [1.54, 1.807) is 24.3 Å². The maximum atomic E-state index is 12.1. The predicted molar refractivity (Wildman–Crippen MR) is 114 cm³/mol. The fourth-order valence-corrected chi connectivity index (χ4v) is 2.64. The number of esters is 1. The van der Waals surface area contributed by atoms with E-state index in [0.29, 0.717) is 12.2 Å². The van der Waals surface area contributed by atoms with Crippen LogP contribution >= 0.6 is 0 Å². The maximum Gasteiger partial charge on any atom is 0.338 e. The van der Waals surface area contributed by atoms with Crippen LogP contribution in [0.15, 0.2) is 42.5 Å². The van der Waals surface area contributed by atoms with Crippen molar-refractivity contribution in [2.24, 2.45) is 0 Å². The average Bonchev–Trinajstić information content (AvgIpc) is 2.72. The summed E-state index contributed by atoms with van der Waals surface area (Å²) >= 11 is 0. The smallest absolute Gasteiger partial charge is 0.338 e. The molecule has 2 N–H and O–H groups in total. The van der Waals surface area contributed by atoms with Gasteiger partial charge in [0, 0.05) is 5.69 Å². The molecule has 2 rings (SSSR count). The minimum atomic E-state index is -0.610. The molecule has 0 heterocycles. The summed E-state index contributed by atoms with van der Waals surface area (Å²) in [5.41, 5.74) is 3.87. The van der Waals surface area contributed by atoms with Gasteiger partial charge >= 0.3 is 5.97 Å². The fraction of sp³-hybridized carbons (Fsp3) is 0.348. The second-order valence-corrected chi connectivity index (χ2v) is 7.22. The molecule has 0 saturated heterocycles. The Hall–Kier alpha value is -3.19. The number of carbonyl (C=O) groups excluding carboxylic acids is 3. The quantitative estimate of drug-likeness (QED) is 0.617. The molecule has 30 heavy (non-hydrogen) atoms. The molecule has 7 heteroatoms. The second-order valence-electron chi connectivity index (χ2n) is 7.22. The van der Waals surface area contributed by atoms with Gasteiger partial charge in [0.1, 0.15) is 0 Å². The summed E-state index contributed by atoms with van der Waals surface area (Å²) in [5, 5.41) is 5.22. The highest BCUT2D eigenvalue weighted by molar-refractivity contribution is 5.96. The zero-order valence-corrected chi connectivity index (χ0v) is 17.8. The van der Waals surface area contributed by atoms with E-state index in [0.717, 1.165) is 22.4 Å². The van der Waals surface area contributed by atoms with Crippen LogP contribution in [0.4, 0.5) is 5.69 Å². The monoisotopic (exact) mass is 412 g/mol. The third kappa shape index (κ3) is 7.33. The van der Waals surface area contributed by atoms with Crippen molar-refractivity contribution in [2.75, 3.05) is 18.5 Å². The SMILES string of the molecule is Cc1cccc(C)c1NC(=O)CNC(=O)COC(=O)c1ccc(COC(C)C)cc1. The molecule has 0 aromatic heterocycles. The summed E-state index contributed by atoms with van der Waals surface area (Å²) in [6.07, 6.45) is 0.121. The van der Waals surface area contributed by atoms with Gasteiger partial charge in [-0.1, -0.05) is 30.3 Å². The van der Waals surface area contributed by atoms with Crippen molar-refractivity contribution in [3.05, 3.63) is 64.7 Å². The molecule has 0 radical (unpaired) electrons. The number of aryl methyl sites for hydroxylation is 2. The Morgan fingerprint density at radius 3 is 2.17 bits per heavy atom. The molecule has 0 fully saturated rings. The Kier molecular flexibility index (Phi) is 8.55. The van der Waals surface area contributed by atoms with Crippen molar-refractivity contribution in [2.45, 2.75) is 40.4 Å². The zero-order chi connectivity index (χ0) is 22.1. The van der Waals surface area contributed by atoms with Crippen LogP contribution in [0.2, 0.25) is 0 Å². The molecule has 0 unspecified atom stereocenters. The van der Waals surface area contributed by atoms with Crippen LogP contribution < -0.4 is 10.6 Å². The Labute approximate surface area is 176 Å². The summed E-state index contributed by atoms with van der Waals surface area (Å²) in [6.45, 7) is 7.46. The Morgan fingerprint density at radius 1 is 0.933 bits per heavy atom. The van der Waals surface area contributed by atoms with Crippen LogP contribution in [0.25, 0.3) is 0 Å². The van der Waals surface area contributed by atoms with Crippen LogP contribution in [0.1, 0.15) is 40.9 Å². The first-order valence-electron chi connectivity index (χ1n) is 9.76. The number of anilines is 1. The first kappa shape index (κ1) is 23.1. The highest BCUT2D eigenvalue weighted by Gasteiger charge is 2.12. The van der Waals surface area contributed by atoms with E-state index in [4.69, 9.17) is 9.47 Å². The molecular weight excluding hydrogens is 384 g/mol. The molecule has 0 aliphatic rings. The summed E-state index contributed by atoms with van der Waals surface area (Å²) < 4.78 is 10.5. The first-order valence-corrected chi connectivity index (χ1v) is 9.76. The normalized spacial score (nSPS) is 10.6. The van der Waals surface area contributed by atoms with Gasteiger partial charge in [-0.2, -0.15) is 0 Å². The van der Waals surface area contributed by atoms with E-state index >= 15 is 0 Å². The number of carbonyl (C=O) groups is 3. The predicted octanol–water partition coefficient (Wildman–Crippen LogP) is 3.14. The number of amides is 2. The van der Waals surface area contributed by atoms with Gasteiger partial charge in [-0.25, -0.2) is 4.79 Å². The van der Waals surface area contributed by atoms with E-state index in [1.807, 2.05) is 45.9 Å². The molecule has 2 aromatic carbocycles. The fourth-order valence-electron chi connectivity index (χ4n) is 2.64. The van der Waals surface area contributed by atoms with Gasteiger partial charge in [-0.3, -0.25) is 9.59 Å². The number of ether oxygens (including phenoxy) is 2. The molecular formula is C23H28N2O5. The highest BCUT2D eigenvalue weighted by Crippen LogP contribution is 2.19. The van der Waals surface area contributed by atoms with E-state index < -0.39 is 18.5 Å². The van der Waals surface area contributed by atoms with Crippen LogP contribution in [0, 0.1) is 13.8 Å². The lowest BCUT2D eigenvalue weighted by molar-refractivity contribution is -0.126.